The van der Waals surface area contributed by atoms with E-state index in [0.29, 0.717) is 24.4 Å². The van der Waals surface area contributed by atoms with Crippen LogP contribution in [0.5, 0.6) is 11.5 Å². The molecule has 26 heavy (non-hydrogen) atoms. The van der Waals surface area contributed by atoms with Crippen LogP contribution >= 0.6 is 0 Å². The first-order chi connectivity index (χ1) is 12.5. The molecule has 2 aromatic rings. The summed E-state index contributed by atoms with van der Waals surface area (Å²) in [7, 11) is 3.18. The van der Waals surface area contributed by atoms with E-state index in [9.17, 15) is 9.59 Å². The second-order valence-corrected chi connectivity index (χ2v) is 6.09. The fourth-order valence-corrected chi connectivity index (χ4v) is 3.07. The molecule has 1 aliphatic heterocycles. The maximum absolute atomic E-state index is 12.8. The standard InChI is InChI=1S/C20H22N2O4/c1-14-19(23)22(16-6-10-18(26-3)11-7-16)13-12-21(14)20(24)15-4-8-17(25-2)9-5-15/h4-11,14H,12-13H2,1-3H3. The number of carbonyl (C=O) groups is 2. The predicted octanol–water partition coefficient (Wildman–Crippen LogP) is 2.58. The molecule has 2 aromatic carbocycles. The van der Waals surface area contributed by atoms with Gasteiger partial charge in [0.1, 0.15) is 17.5 Å². The first kappa shape index (κ1) is 17.8. The SMILES string of the molecule is COc1ccc(C(=O)N2CCN(c3ccc(OC)cc3)C(=O)C2C)cc1. The van der Waals surface area contributed by atoms with Crippen molar-refractivity contribution in [2.45, 2.75) is 13.0 Å². The summed E-state index contributed by atoms with van der Waals surface area (Å²) in [5.41, 5.74) is 1.35. The number of carbonyl (C=O) groups excluding carboxylic acids is 2. The Balaban J connectivity index is 1.74. The molecule has 3 rings (SSSR count). The van der Waals surface area contributed by atoms with Crippen molar-refractivity contribution in [3.63, 3.8) is 0 Å². The molecular weight excluding hydrogens is 332 g/mol. The summed E-state index contributed by atoms with van der Waals surface area (Å²) in [6.07, 6.45) is 0. The number of methoxy groups -OCH3 is 2. The molecule has 6 nitrogen and oxygen atoms in total. The minimum atomic E-state index is -0.527. The lowest BCUT2D eigenvalue weighted by atomic mass is 10.1. The molecule has 0 N–H and O–H groups in total. The van der Waals surface area contributed by atoms with Crippen molar-refractivity contribution < 1.29 is 19.1 Å². The van der Waals surface area contributed by atoms with Gasteiger partial charge in [0.15, 0.2) is 0 Å². The van der Waals surface area contributed by atoms with Gasteiger partial charge in [0.25, 0.3) is 5.91 Å². The largest absolute Gasteiger partial charge is 0.497 e. The average Bonchev–Trinajstić information content (AvgIpc) is 2.70. The Morgan fingerprint density at radius 1 is 0.923 bits per heavy atom. The van der Waals surface area contributed by atoms with Crippen molar-refractivity contribution in [1.29, 1.82) is 0 Å². The lowest BCUT2D eigenvalue weighted by Crippen LogP contribution is -2.57. The molecule has 0 spiro atoms. The molecule has 1 atom stereocenters. The second-order valence-electron chi connectivity index (χ2n) is 6.09. The van der Waals surface area contributed by atoms with Crippen molar-refractivity contribution in [2.24, 2.45) is 0 Å². The maximum atomic E-state index is 12.8. The Labute approximate surface area is 152 Å². The molecule has 1 saturated heterocycles. The van der Waals surface area contributed by atoms with Gasteiger partial charge in [-0.15, -0.1) is 0 Å². The Morgan fingerprint density at radius 3 is 2.00 bits per heavy atom. The minimum Gasteiger partial charge on any atom is -0.497 e. The zero-order valence-corrected chi connectivity index (χ0v) is 15.1. The highest BCUT2D eigenvalue weighted by Crippen LogP contribution is 2.24. The topological polar surface area (TPSA) is 59.1 Å². The fourth-order valence-electron chi connectivity index (χ4n) is 3.07. The summed E-state index contributed by atoms with van der Waals surface area (Å²) in [5, 5.41) is 0. The zero-order valence-electron chi connectivity index (χ0n) is 15.1. The van der Waals surface area contributed by atoms with Gasteiger partial charge in [-0.1, -0.05) is 0 Å². The highest BCUT2D eigenvalue weighted by Gasteiger charge is 2.35. The van der Waals surface area contributed by atoms with Crippen molar-refractivity contribution in [1.82, 2.24) is 4.90 Å². The number of amides is 2. The number of hydrogen-bond donors (Lipinski definition) is 0. The summed E-state index contributed by atoms with van der Waals surface area (Å²) in [6, 6.07) is 13.7. The van der Waals surface area contributed by atoms with Crippen LogP contribution in [0.25, 0.3) is 0 Å². The van der Waals surface area contributed by atoms with Crippen LogP contribution in [0.3, 0.4) is 0 Å². The van der Waals surface area contributed by atoms with Gasteiger partial charge in [0.2, 0.25) is 5.91 Å². The van der Waals surface area contributed by atoms with E-state index in [0.717, 1.165) is 11.4 Å². The highest BCUT2D eigenvalue weighted by molar-refractivity contribution is 6.03. The molecule has 136 valence electrons. The summed E-state index contributed by atoms with van der Waals surface area (Å²) in [6.45, 7) is 2.70. The van der Waals surface area contributed by atoms with E-state index in [1.807, 2.05) is 24.3 Å². The molecule has 1 heterocycles. The quantitative estimate of drug-likeness (QED) is 0.847. The van der Waals surface area contributed by atoms with Crippen LogP contribution in [0.15, 0.2) is 48.5 Å². The lowest BCUT2D eigenvalue weighted by molar-refractivity contribution is -0.124. The maximum Gasteiger partial charge on any atom is 0.254 e. The Morgan fingerprint density at radius 2 is 1.46 bits per heavy atom. The lowest BCUT2D eigenvalue weighted by Gasteiger charge is -2.39. The highest BCUT2D eigenvalue weighted by atomic mass is 16.5. The van der Waals surface area contributed by atoms with Crippen LogP contribution in [0.2, 0.25) is 0 Å². The normalized spacial score (nSPS) is 17.2. The summed E-state index contributed by atoms with van der Waals surface area (Å²) >= 11 is 0. The van der Waals surface area contributed by atoms with Crippen LogP contribution < -0.4 is 14.4 Å². The van der Waals surface area contributed by atoms with Crippen molar-refractivity contribution in [3.05, 3.63) is 54.1 Å². The van der Waals surface area contributed by atoms with E-state index in [-0.39, 0.29) is 11.8 Å². The molecule has 0 bridgehead atoms. The van der Waals surface area contributed by atoms with Crippen molar-refractivity contribution >= 4 is 17.5 Å². The molecule has 0 radical (unpaired) electrons. The number of rotatable bonds is 4. The van der Waals surface area contributed by atoms with E-state index >= 15 is 0 Å². The minimum absolute atomic E-state index is 0.0942. The fraction of sp³-hybridized carbons (Fsp3) is 0.300. The third-order valence-electron chi connectivity index (χ3n) is 4.64. The average molecular weight is 354 g/mol. The molecule has 1 fully saturated rings. The number of anilines is 1. The zero-order chi connectivity index (χ0) is 18.7. The van der Waals surface area contributed by atoms with Crippen LogP contribution in [0, 0.1) is 0 Å². The van der Waals surface area contributed by atoms with Gasteiger partial charge in [-0.3, -0.25) is 9.59 Å². The first-order valence-corrected chi connectivity index (χ1v) is 8.45. The van der Waals surface area contributed by atoms with Gasteiger partial charge in [0, 0.05) is 24.3 Å². The van der Waals surface area contributed by atoms with Gasteiger partial charge < -0.3 is 19.3 Å². The summed E-state index contributed by atoms with van der Waals surface area (Å²) in [5.74, 6) is 1.18. The number of piperazine rings is 1. The van der Waals surface area contributed by atoms with E-state index in [4.69, 9.17) is 9.47 Å². The number of ether oxygens (including phenoxy) is 2. The van der Waals surface area contributed by atoms with Crippen molar-refractivity contribution in [2.75, 3.05) is 32.2 Å². The number of nitrogens with zero attached hydrogens (tertiary/aromatic N) is 2. The van der Waals surface area contributed by atoms with Crippen LogP contribution in [0.1, 0.15) is 17.3 Å². The van der Waals surface area contributed by atoms with Gasteiger partial charge in [0.05, 0.1) is 14.2 Å². The van der Waals surface area contributed by atoms with E-state index in [1.165, 1.54) is 0 Å². The van der Waals surface area contributed by atoms with E-state index in [1.54, 1.807) is 55.2 Å². The molecule has 0 aromatic heterocycles. The molecule has 1 aliphatic rings. The third-order valence-corrected chi connectivity index (χ3v) is 4.64. The molecule has 0 aliphatic carbocycles. The van der Waals surface area contributed by atoms with E-state index in [2.05, 4.69) is 0 Å². The molecule has 0 saturated carbocycles. The first-order valence-electron chi connectivity index (χ1n) is 8.45. The Kier molecular flexibility index (Phi) is 5.11. The van der Waals surface area contributed by atoms with Crippen LogP contribution in [-0.4, -0.2) is 50.1 Å². The third kappa shape index (κ3) is 3.35. The van der Waals surface area contributed by atoms with Crippen LogP contribution in [-0.2, 0) is 4.79 Å². The van der Waals surface area contributed by atoms with Gasteiger partial charge >= 0.3 is 0 Å². The summed E-state index contributed by atoms with van der Waals surface area (Å²) in [4.78, 5) is 28.9. The van der Waals surface area contributed by atoms with Crippen LogP contribution in [0.4, 0.5) is 5.69 Å². The molecule has 1 unspecified atom stereocenters. The predicted molar refractivity (Wildman–Crippen MR) is 98.8 cm³/mol. The monoisotopic (exact) mass is 354 g/mol. The smallest absolute Gasteiger partial charge is 0.254 e. The molecule has 6 heteroatoms. The second kappa shape index (κ2) is 7.47. The molecular formula is C20H22N2O4. The summed E-state index contributed by atoms with van der Waals surface area (Å²) < 4.78 is 10.3. The van der Waals surface area contributed by atoms with E-state index < -0.39 is 6.04 Å². The number of hydrogen-bond acceptors (Lipinski definition) is 4. The van der Waals surface area contributed by atoms with Gasteiger partial charge in [-0.05, 0) is 55.5 Å². The van der Waals surface area contributed by atoms with Gasteiger partial charge in [-0.2, -0.15) is 0 Å². The van der Waals surface area contributed by atoms with Gasteiger partial charge in [-0.25, -0.2) is 0 Å². The Bertz CT molecular complexity index is 786. The molecule has 2 amide bonds. The van der Waals surface area contributed by atoms with Crippen molar-refractivity contribution in [3.8, 4) is 11.5 Å². The Hall–Kier alpha value is -3.02. The number of benzene rings is 2.